The molecule has 2 aromatic rings. The van der Waals surface area contributed by atoms with Gasteiger partial charge in [-0.15, -0.1) is 0 Å². The quantitative estimate of drug-likeness (QED) is 0.859. The van der Waals surface area contributed by atoms with Gasteiger partial charge < -0.3 is 10.0 Å². The standard InChI is InChI=1S/C16H20ClN3O2/c1-3-4-13-9-14(19-18-13)10-20(2)16(22)15(21)11-5-7-12(17)8-6-11/h5-9,15,21H,3-4,10H2,1-2H3,(H,18,19)/t15-/m0/s1. The number of aryl methyl sites for hydroxylation is 1. The second-order valence-corrected chi connectivity index (χ2v) is 5.72. The average Bonchev–Trinajstić information content (AvgIpc) is 2.94. The second-order valence-electron chi connectivity index (χ2n) is 5.28. The number of benzene rings is 1. The van der Waals surface area contributed by atoms with Gasteiger partial charge in [0.1, 0.15) is 0 Å². The Morgan fingerprint density at radius 2 is 2.09 bits per heavy atom. The fourth-order valence-corrected chi connectivity index (χ4v) is 2.33. The number of H-pyrrole nitrogens is 1. The Morgan fingerprint density at radius 3 is 2.73 bits per heavy atom. The van der Waals surface area contributed by atoms with Crippen LogP contribution in [0.2, 0.25) is 5.02 Å². The van der Waals surface area contributed by atoms with E-state index in [1.165, 1.54) is 4.90 Å². The Balaban J connectivity index is 1.99. The normalized spacial score (nSPS) is 12.2. The number of rotatable bonds is 6. The van der Waals surface area contributed by atoms with Crippen molar-refractivity contribution in [2.24, 2.45) is 0 Å². The van der Waals surface area contributed by atoms with Gasteiger partial charge >= 0.3 is 0 Å². The van der Waals surface area contributed by atoms with Crippen LogP contribution in [0.5, 0.6) is 0 Å². The molecule has 1 aromatic carbocycles. The number of aromatic nitrogens is 2. The van der Waals surface area contributed by atoms with Crippen molar-refractivity contribution in [2.45, 2.75) is 32.4 Å². The highest BCUT2D eigenvalue weighted by Crippen LogP contribution is 2.19. The van der Waals surface area contributed by atoms with Crippen molar-refractivity contribution >= 4 is 17.5 Å². The predicted octanol–water partition coefficient (Wildman–Crippen LogP) is 2.71. The van der Waals surface area contributed by atoms with Gasteiger partial charge in [-0.05, 0) is 30.2 Å². The summed E-state index contributed by atoms with van der Waals surface area (Å²) in [7, 11) is 1.65. The Kier molecular flexibility index (Phi) is 5.57. The van der Waals surface area contributed by atoms with E-state index in [9.17, 15) is 9.90 Å². The number of aromatic amines is 1. The first-order valence-corrected chi connectivity index (χ1v) is 7.60. The van der Waals surface area contributed by atoms with E-state index in [1.807, 2.05) is 6.07 Å². The lowest BCUT2D eigenvalue weighted by atomic mass is 10.1. The van der Waals surface area contributed by atoms with Gasteiger partial charge in [0.25, 0.3) is 5.91 Å². The van der Waals surface area contributed by atoms with Gasteiger partial charge in [0.05, 0.1) is 17.9 Å². The number of carbonyl (C=O) groups is 1. The zero-order chi connectivity index (χ0) is 16.1. The minimum atomic E-state index is -1.19. The van der Waals surface area contributed by atoms with Gasteiger partial charge in [-0.25, -0.2) is 0 Å². The van der Waals surface area contributed by atoms with E-state index in [0.717, 1.165) is 24.2 Å². The third-order valence-electron chi connectivity index (χ3n) is 3.39. The fourth-order valence-electron chi connectivity index (χ4n) is 2.20. The predicted molar refractivity (Wildman–Crippen MR) is 85.5 cm³/mol. The first kappa shape index (κ1) is 16.5. The van der Waals surface area contributed by atoms with Crippen LogP contribution in [0.25, 0.3) is 0 Å². The third-order valence-corrected chi connectivity index (χ3v) is 3.65. The molecule has 5 nitrogen and oxygen atoms in total. The Labute approximate surface area is 134 Å². The number of carbonyl (C=O) groups excluding carboxylic acids is 1. The highest BCUT2D eigenvalue weighted by Gasteiger charge is 2.21. The minimum absolute atomic E-state index is 0.367. The number of aliphatic hydroxyl groups is 1. The zero-order valence-corrected chi connectivity index (χ0v) is 13.5. The maximum atomic E-state index is 12.3. The minimum Gasteiger partial charge on any atom is -0.378 e. The topological polar surface area (TPSA) is 69.2 Å². The molecule has 1 heterocycles. The van der Waals surface area contributed by atoms with Gasteiger partial charge in [-0.1, -0.05) is 37.1 Å². The molecule has 0 aliphatic heterocycles. The van der Waals surface area contributed by atoms with Crippen molar-refractivity contribution in [3.05, 3.63) is 52.3 Å². The second kappa shape index (κ2) is 7.42. The molecule has 6 heteroatoms. The summed E-state index contributed by atoms with van der Waals surface area (Å²) in [4.78, 5) is 13.7. The number of hydrogen-bond donors (Lipinski definition) is 2. The molecule has 0 saturated carbocycles. The number of nitrogens with zero attached hydrogens (tertiary/aromatic N) is 2. The lowest BCUT2D eigenvalue weighted by molar-refractivity contribution is -0.139. The van der Waals surface area contributed by atoms with Gasteiger partial charge in [0, 0.05) is 12.1 Å². The Bertz CT molecular complexity index is 625. The molecule has 1 amide bonds. The van der Waals surface area contributed by atoms with E-state index in [2.05, 4.69) is 17.1 Å². The molecule has 0 aliphatic rings. The molecule has 2 rings (SSSR count). The molecule has 0 saturated heterocycles. The van der Waals surface area contributed by atoms with Gasteiger partial charge in [0.15, 0.2) is 6.10 Å². The van der Waals surface area contributed by atoms with E-state index in [1.54, 1.807) is 31.3 Å². The Hall–Kier alpha value is -1.85. The van der Waals surface area contributed by atoms with Crippen LogP contribution < -0.4 is 0 Å². The van der Waals surface area contributed by atoms with E-state index in [0.29, 0.717) is 17.1 Å². The van der Waals surface area contributed by atoms with Crippen LogP contribution in [0.4, 0.5) is 0 Å². The molecule has 0 unspecified atom stereocenters. The van der Waals surface area contributed by atoms with Gasteiger partial charge in [0.2, 0.25) is 0 Å². The molecule has 0 fully saturated rings. The summed E-state index contributed by atoms with van der Waals surface area (Å²) in [6.45, 7) is 2.46. The summed E-state index contributed by atoms with van der Waals surface area (Å²) < 4.78 is 0. The number of likely N-dealkylation sites (N-methyl/N-ethyl adjacent to an activating group) is 1. The number of nitrogens with one attached hydrogen (secondary N) is 1. The molecule has 0 aliphatic carbocycles. The van der Waals surface area contributed by atoms with Crippen LogP contribution in [0, 0.1) is 0 Å². The lowest BCUT2D eigenvalue weighted by Gasteiger charge is -2.20. The van der Waals surface area contributed by atoms with Crippen LogP contribution in [0.3, 0.4) is 0 Å². The van der Waals surface area contributed by atoms with E-state index >= 15 is 0 Å². The van der Waals surface area contributed by atoms with E-state index in [-0.39, 0.29) is 5.91 Å². The largest absolute Gasteiger partial charge is 0.378 e. The number of aliphatic hydroxyl groups excluding tert-OH is 1. The van der Waals surface area contributed by atoms with E-state index in [4.69, 9.17) is 11.6 Å². The van der Waals surface area contributed by atoms with Gasteiger partial charge in [-0.2, -0.15) is 5.10 Å². The fraction of sp³-hybridized carbons (Fsp3) is 0.375. The van der Waals surface area contributed by atoms with Crippen molar-refractivity contribution < 1.29 is 9.90 Å². The molecular formula is C16H20ClN3O2. The lowest BCUT2D eigenvalue weighted by Crippen LogP contribution is -2.31. The monoisotopic (exact) mass is 321 g/mol. The first-order valence-electron chi connectivity index (χ1n) is 7.23. The maximum absolute atomic E-state index is 12.3. The van der Waals surface area contributed by atoms with Crippen LogP contribution >= 0.6 is 11.6 Å². The van der Waals surface area contributed by atoms with Crippen LogP contribution in [-0.2, 0) is 17.8 Å². The molecular weight excluding hydrogens is 302 g/mol. The first-order chi connectivity index (χ1) is 10.5. The smallest absolute Gasteiger partial charge is 0.256 e. The number of hydrogen-bond acceptors (Lipinski definition) is 3. The van der Waals surface area contributed by atoms with Crippen molar-refractivity contribution in [3.63, 3.8) is 0 Å². The molecule has 1 aromatic heterocycles. The van der Waals surface area contributed by atoms with Crippen molar-refractivity contribution in [1.82, 2.24) is 15.1 Å². The summed E-state index contributed by atoms with van der Waals surface area (Å²) in [5.74, 6) is -0.367. The summed E-state index contributed by atoms with van der Waals surface area (Å²) in [5.41, 5.74) is 2.36. The zero-order valence-electron chi connectivity index (χ0n) is 12.7. The van der Waals surface area contributed by atoms with Crippen molar-refractivity contribution in [1.29, 1.82) is 0 Å². The van der Waals surface area contributed by atoms with Crippen LogP contribution in [0.15, 0.2) is 30.3 Å². The summed E-state index contributed by atoms with van der Waals surface area (Å²) in [5, 5.41) is 17.8. The van der Waals surface area contributed by atoms with E-state index < -0.39 is 6.10 Å². The SMILES string of the molecule is CCCc1cc(CN(C)C(=O)[C@@H](O)c2ccc(Cl)cc2)[nH]n1. The summed E-state index contributed by atoms with van der Waals surface area (Å²) >= 11 is 5.81. The van der Waals surface area contributed by atoms with Crippen molar-refractivity contribution in [3.8, 4) is 0 Å². The molecule has 118 valence electrons. The van der Waals surface area contributed by atoms with Crippen LogP contribution in [0.1, 0.15) is 36.4 Å². The molecule has 2 N–H and O–H groups in total. The average molecular weight is 322 g/mol. The summed E-state index contributed by atoms with van der Waals surface area (Å²) in [6, 6.07) is 8.54. The van der Waals surface area contributed by atoms with Gasteiger partial charge in [-0.3, -0.25) is 9.89 Å². The number of halogens is 1. The van der Waals surface area contributed by atoms with Crippen molar-refractivity contribution in [2.75, 3.05) is 7.05 Å². The van der Waals surface area contributed by atoms with Crippen LogP contribution in [-0.4, -0.2) is 33.2 Å². The molecule has 0 spiro atoms. The Morgan fingerprint density at radius 1 is 1.41 bits per heavy atom. The molecule has 22 heavy (non-hydrogen) atoms. The maximum Gasteiger partial charge on any atom is 0.256 e. The third kappa shape index (κ3) is 4.08. The highest BCUT2D eigenvalue weighted by molar-refractivity contribution is 6.30. The molecule has 0 bridgehead atoms. The highest BCUT2D eigenvalue weighted by atomic mass is 35.5. The molecule has 1 atom stereocenters. The number of amides is 1. The molecule has 0 radical (unpaired) electrons. The summed E-state index contributed by atoms with van der Waals surface area (Å²) in [6.07, 6.45) is 0.732.